The SMILES string of the molecule is CC(CN)CNS(=O)(=O)C1CCOCC1. The Morgan fingerprint density at radius 3 is 2.60 bits per heavy atom. The molecule has 0 amide bonds. The first-order chi connectivity index (χ1) is 7.06. The van der Waals surface area contributed by atoms with Crippen LogP contribution in [0.3, 0.4) is 0 Å². The van der Waals surface area contributed by atoms with Crippen LogP contribution in [0.5, 0.6) is 0 Å². The molecule has 0 aromatic carbocycles. The van der Waals surface area contributed by atoms with Gasteiger partial charge in [0, 0.05) is 19.8 Å². The van der Waals surface area contributed by atoms with E-state index in [4.69, 9.17) is 10.5 Å². The molecule has 1 saturated heterocycles. The molecule has 5 nitrogen and oxygen atoms in total. The minimum atomic E-state index is -3.17. The second kappa shape index (κ2) is 5.79. The van der Waals surface area contributed by atoms with Crippen LogP contribution in [0.2, 0.25) is 0 Å². The third-order valence-electron chi connectivity index (χ3n) is 2.64. The first kappa shape index (κ1) is 12.9. The van der Waals surface area contributed by atoms with Crippen LogP contribution in [-0.4, -0.2) is 40.0 Å². The fourth-order valence-electron chi connectivity index (χ4n) is 1.45. The van der Waals surface area contributed by atoms with E-state index in [2.05, 4.69) is 4.72 Å². The molecule has 0 bridgehead atoms. The Balaban J connectivity index is 2.43. The van der Waals surface area contributed by atoms with Gasteiger partial charge in [-0.2, -0.15) is 0 Å². The molecule has 15 heavy (non-hydrogen) atoms. The zero-order valence-electron chi connectivity index (χ0n) is 9.11. The van der Waals surface area contributed by atoms with Crippen molar-refractivity contribution in [3.8, 4) is 0 Å². The summed E-state index contributed by atoms with van der Waals surface area (Å²) in [5.41, 5.74) is 5.43. The van der Waals surface area contributed by atoms with Crippen molar-refractivity contribution in [2.24, 2.45) is 11.7 Å². The van der Waals surface area contributed by atoms with Crippen molar-refractivity contribution in [1.82, 2.24) is 4.72 Å². The topological polar surface area (TPSA) is 81.4 Å². The highest BCUT2D eigenvalue weighted by Gasteiger charge is 2.27. The number of nitrogens with one attached hydrogen (secondary N) is 1. The highest BCUT2D eigenvalue weighted by atomic mass is 32.2. The third-order valence-corrected chi connectivity index (χ3v) is 4.56. The maximum atomic E-state index is 11.8. The molecule has 0 saturated carbocycles. The minimum Gasteiger partial charge on any atom is -0.381 e. The predicted molar refractivity (Wildman–Crippen MR) is 59.0 cm³/mol. The summed E-state index contributed by atoms with van der Waals surface area (Å²) >= 11 is 0. The molecule has 1 fully saturated rings. The van der Waals surface area contributed by atoms with E-state index >= 15 is 0 Å². The van der Waals surface area contributed by atoms with Crippen LogP contribution in [0, 0.1) is 5.92 Å². The van der Waals surface area contributed by atoms with Gasteiger partial charge in [0.1, 0.15) is 0 Å². The van der Waals surface area contributed by atoms with Crippen molar-refractivity contribution in [2.45, 2.75) is 25.0 Å². The predicted octanol–water partition coefficient (Wildman–Crippen LogP) is -0.320. The minimum absolute atomic E-state index is 0.180. The van der Waals surface area contributed by atoms with E-state index in [1.54, 1.807) is 0 Å². The largest absolute Gasteiger partial charge is 0.381 e. The summed E-state index contributed by atoms with van der Waals surface area (Å²) in [5.74, 6) is 0.180. The zero-order valence-corrected chi connectivity index (χ0v) is 9.92. The molecule has 6 heteroatoms. The Kier molecular flexibility index (Phi) is 4.98. The Bertz CT molecular complexity index is 273. The fourth-order valence-corrected chi connectivity index (χ4v) is 3.01. The van der Waals surface area contributed by atoms with E-state index in [1.807, 2.05) is 6.92 Å². The van der Waals surface area contributed by atoms with E-state index in [0.717, 1.165) is 0 Å². The van der Waals surface area contributed by atoms with Gasteiger partial charge in [0.05, 0.1) is 5.25 Å². The number of hydrogen-bond acceptors (Lipinski definition) is 4. The van der Waals surface area contributed by atoms with Gasteiger partial charge in [-0.25, -0.2) is 13.1 Å². The van der Waals surface area contributed by atoms with Crippen LogP contribution in [0.4, 0.5) is 0 Å². The summed E-state index contributed by atoms with van der Waals surface area (Å²) in [5, 5.41) is -0.295. The van der Waals surface area contributed by atoms with Crippen molar-refractivity contribution in [1.29, 1.82) is 0 Å². The Morgan fingerprint density at radius 1 is 1.47 bits per heavy atom. The summed E-state index contributed by atoms with van der Waals surface area (Å²) in [7, 11) is -3.17. The monoisotopic (exact) mass is 236 g/mol. The van der Waals surface area contributed by atoms with Gasteiger partial charge < -0.3 is 10.5 Å². The first-order valence-electron chi connectivity index (χ1n) is 5.32. The summed E-state index contributed by atoms with van der Waals surface area (Å²) < 4.78 is 31.3. The molecule has 90 valence electrons. The van der Waals surface area contributed by atoms with Crippen molar-refractivity contribution in [3.63, 3.8) is 0 Å². The second-order valence-corrected chi connectivity index (χ2v) is 6.09. The quantitative estimate of drug-likeness (QED) is 0.685. The third kappa shape index (κ3) is 4.06. The van der Waals surface area contributed by atoms with Gasteiger partial charge in [0.15, 0.2) is 0 Å². The van der Waals surface area contributed by atoms with E-state index in [1.165, 1.54) is 0 Å². The molecule has 0 radical (unpaired) electrons. The Morgan fingerprint density at radius 2 is 2.07 bits per heavy atom. The van der Waals surface area contributed by atoms with Gasteiger partial charge >= 0.3 is 0 Å². The van der Waals surface area contributed by atoms with Crippen molar-refractivity contribution in [3.05, 3.63) is 0 Å². The number of hydrogen-bond donors (Lipinski definition) is 2. The van der Waals surface area contributed by atoms with Crippen LogP contribution < -0.4 is 10.5 Å². The molecule has 0 aliphatic carbocycles. The Labute approximate surface area is 91.4 Å². The molecule has 1 unspecified atom stereocenters. The summed E-state index contributed by atoms with van der Waals surface area (Å²) in [6, 6.07) is 0. The lowest BCUT2D eigenvalue weighted by molar-refractivity contribution is 0.0981. The van der Waals surface area contributed by atoms with Gasteiger partial charge in [-0.3, -0.25) is 0 Å². The Hall–Kier alpha value is -0.170. The molecule has 1 heterocycles. The molecule has 1 atom stereocenters. The summed E-state index contributed by atoms with van der Waals surface area (Å²) in [6.07, 6.45) is 1.18. The lowest BCUT2D eigenvalue weighted by Gasteiger charge is -2.23. The lowest BCUT2D eigenvalue weighted by Crippen LogP contribution is -2.40. The summed E-state index contributed by atoms with van der Waals surface area (Å²) in [4.78, 5) is 0. The van der Waals surface area contributed by atoms with Crippen molar-refractivity contribution >= 4 is 10.0 Å². The molecule has 0 aromatic rings. The van der Waals surface area contributed by atoms with Crippen LogP contribution in [0.15, 0.2) is 0 Å². The molecular formula is C9H20N2O3S. The normalized spacial score (nSPS) is 21.5. The van der Waals surface area contributed by atoms with Crippen LogP contribution in [0.25, 0.3) is 0 Å². The van der Waals surface area contributed by atoms with E-state index in [-0.39, 0.29) is 11.2 Å². The van der Waals surface area contributed by atoms with Gasteiger partial charge in [0.2, 0.25) is 10.0 Å². The average molecular weight is 236 g/mol. The fraction of sp³-hybridized carbons (Fsp3) is 1.00. The second-order valence-electron chi connectivity index (χ2n) is 4.05. The molecular weight excluding hydrogens is 216 g/mol. The van der Waals surface area contributed by atoms with Crippen LogP contribution >= 0.6 is 0 Å². The van der Waals surface area contributed by atoms with Gasteiger partial charge in [0.25, 0.3) is 0 Å². The standard InChI is InChI=1S/C9H20N2O3S/c1-8(6-10)7-11-15(12,13)9-2-4-14-5-3-9/h8-9,11H,2-7,10H2,1H3. The number of rotatable bonds is 5. The lowest BCUT2D eigenvalue weighted by atomic mass is 10.2. The van der Waals surface area contributed by atoms with E-state index < -0.39 is 10.0 Å². The molecule has 1 rings (SSSR count). The van der Waals surface area contributed by atoms with Gasteiger partial charge in [-0.15, -0.1) is 0 Å². The van der Waals surface area contributed by atoms with Gasteiger partial charge in [-0.1, -0.05) is 6.92 Å². The number of sulfonamides is 1. The van der Waals surface area contributed by atoms with E-state index in [9.17, 15) is 8.42 Å². The molecule has 0 aromatic heterocycles. The summed E-state index contributed by atoms with van der Waals surface area (Å²) in [6.45, 7) is 3.93. The van der Waals surface area contributed by atoms with Crippen LogP contribution in [0.1, 0.15) is 19.8 Å². The number of ether oxygens (including phenoxy) is 1. The van der Waals surface area contributed by atoms with Gasteiger partial charge in [-0.05, 0) is 25.3 Å². The van der Waals surface area contributed by atoms with Crippen molar-refractivity contribution in [2.75, 3.05) is 26.3 Å². The maximum absolute atomic E-state index is 11.8. The molecule has 1 aliphatic rings. The highest BCUT2D eigenvalue weighted by molar-refractivity contribution is 7.90. The average Bonchev–Trinajstić information content (AvgIpc) is 2.27. The zero-order chi connectivity index (χ0) is 11.3. The number of nitrogens with two attached hydrogens (primary N) is 1. The highest BCUT2D eigenvalue weighted by Crippen LogP contribution is 2.14. The molecule has 0 spiro atoms. The smallest absolute Gasteiger partial charge is 0.214 e. The van der Waals surface area contributed by atoms with Crippen LogP contribution in [-0.2, 0) is 14.8 Å². The first-order valence-corrected chi connectivity index (χ1v) is 6.87. The molecule has 1 aliphatic heterocycles. The molecule has 3 N–H and O–H groups in total. The van der Waals surface area contributed by atoms with E-state index in [0.29, 0.717) is 39.1 Å². The van der Waals surface area contributed by atoms with Crippen molar-refractivity contribution < 1.29 is 13.2 Å². The maximum Gasteiger partial charge on any atom is 0.214 e.